The number of rotatable bonds is 3. The SMILES string of the molecule is C[C@@H]1CCCN1CCc1cc2cccoc-2c1. The van der Waals surface area contributed by atoms with Crippen LogP contribution in [0, 0.1) is 0 Å². The van der Waals surface area contributed by atoms with E-state index < -0.39 is 0 Å². The third-order valence-electron chi connectivity index (χ3n) is 3.87. The maximum Gasteiger partial charge on any atom is 0.134 e. The average molecular weight is 229 g/mol. The molecule has 17 heavy (non-hydrogen) atoms. The first-order valence-electron chi connectivity index (χ1n) is 6.53. The van der Waals surface area contributed by atoms with Gasteiger partial charge in [-0.15, -0.1) is 0 Å². The normalized spacial score (nSPS) is 21.4. The molecule has 1 atom stereocenters. The average Bonchev–Trinajstić information content (AvgIpc) is 2.92. The first-order valence-corrected chi connectivity index (χ1v) is 6.53. The van der Waals surface area contributed by atoms with Crippen molar-refractivity contribution in [2.45, 2.75) is 32.2 Å². The molecule has 3 rings (SSSR count). The fourth-order valence-electron chi connectivity index (χ4n) is 2.79. The van der Waals surface area contributed by atoms with Crippen LogP contribution in [0.2, 0.25) is 0 Å². The number of likely N-dealkylation sites (tertiary alicyclic amines) is 1. The lowest BCUT2D eigenvalue weighted by atomic mass is 10.2. The number of nitrogens with zero attached hydrogens (tertiary/aromatic N) is 1. The van der Waals surface area contributed by atoms with Crippen LogP contribution < -0.4 is 0 Å². The highest BCUT2D eigenvalue weighted by molar-refractivity contribution is 5.62. The van der Waals surface area contributed by atoms with E-state index in [1.807, 2.05) is 6.07 Å². The molecule has 3 aliphatic rings. The molecule has 1 saturated heterocycles. The van der Waals surface area contributed by atoms with Crippen LogP contribution in [0.15, 0.2) is 34.9 Å². The molecular weight excluding hydrogens is 210 g/mol. The van der Waals surface area contributed by atoms with Gasteiger partial charge in [-0.25, -0.2) is 0 Å². The van der Waals surface area contributed by atoms with Crippen LogP contribution in [0.5, 0.6) is 0 Å². The summed E-state index contributed by atoms with van der Waals surface area (Å²) in [5, 5.41) is 0. The van der Waals surface area contributed by atoms with Gasteiger partial charge in [0, 0.05) is 18.2 Å². The molecule has 2 heterocycles. The predicted octanol–water partition coefficient (Wildman–Crippen LogP) is 3.41. The minimum absolute atomic E-state index is 0.768. The zero-order valence-corrected chi connectivity index (χ0v) is 10.4. The highest BCUT2D eigenvalue weighted by Crippen LogP contribution is 2.26. The zero-order chi connectivity index (χ0) is 11.7. The van der Waals surface area contributed by atoms with Crippen molar-refractivity contribution in [3.05, 3.63) is 36.1 Å². The summed E-state index contributed by atoms with van der Waals surface area (Å²) in [6.07, 6.45) is 5.60. The van der Waals surface area contributed by atoms with Gasteiger partial charge in [0.05, 0.1) is 6.26 Å². The maximum atomic E-state index is 5.47. The number of hydrogen-bond donors (Lipinski definition) is 0. The third kappa shape index (κ3) is 2.22. The van der Waals surface area contributed by atoms with Gasteiger partial charge >= 0.3 is 0 Å². The van der Waals surface area contributed by atoms with E-state index in [0.29, 0.717) is 0 Å². The Bertz CT molecular complexity index is 432. The molecule has 0 saturated carbocycles. The monoisotopic (exact) mass is 229 g/mol. The van der Waals surface area contributed by atoms with Crippen molar-refractivity contribution in [1.29, 1.82) is 0 Å². The van der Waals surface area contributed by atoms with Gasteiger partial charge in [0.1, 0.15) is 5.76 Å². The standard InChI is InChI=1S/C15H19NO/c1-12-4-2-7-16(12)8-6-13-10-14-5-3-9-17-15(14)11-13/h3,5,9-12H,2,4,6-8H2,1H3/t12-/m1/s1. The lowest BCUT2D eigenvalue weighted by Gasteiger charge is -2.20. The van der Waals surface area contributed by atoms with Gasteiger partial charge in [0.25, 0.3) is 0 Å². The molecule has 2 heteroatoms. The summed E-state index contributed by atoms with van der Waals surface area (Å²) in [6, 6.07) is 9.26. The smallest absolute Gasteiger partial charge is 0.134 e. The molecule has 90 valence electrons. The van der Waals surface area contributed by atoms with Crippen molar-refractivity contribution in [1.82, 2.24) is 4.90 Å². The van der Waals surface area contributed by atoms with E-state index in [1.165, 1.54) is 37.1 Å². The first kappa shape index (κ1) is 10.8. The van der Waals surface area contributed by atoms with E-state index in [-0.39, 0.29) is 0 Å². The molecule has 0 unspecified atom stereocenters. The third-order valence-corrected chi connectivity index (χ3v) is 3.87. The van der Waals surface area contributed by atoms with Crippen molar-refractivity contribution < 1.29 is 4.42 Å². The second kappa shape index (κ2) is 4.53. The Morgan fingerprint density at radius 3 is 3.12 bits per heavy atom. The summed E-state index contributed by atoms with van der Waals surface area (Å²) < 4.78 is 5.47. The Morgan fingerprint density at radius 2 is 2.35 bits per heavy atom. The van der Waals surface area contributed by atoms with Gasteiger partial charge in [-0.2, -0.15) is 0 Å². The van der Waals surface area contributed by atoms with Crippen molar-refractivity contribution in [3.8, 4) is 11.3 Å². The molecule has 2 aliphatic heterocycles. The fourth-order valence-corrected chi connectivity index (χ4v) is 2.79. The molecule has 0 aromatic rings. The minimum Gasteiger partial charge on any atom is -0.464 e. The second-order valence-corrected chi connectivity index (χ2v) is 5.07. The van der Waals surface area contributed by atoms with Crippen LogP contribution in [-0.2, 0) is 6.42 Å². The van der Waals surface area contributed by atoms with Crippen molar-refractivity contribution in [2.75, 3.05) is 13.1 Å². The van der Waals surface area contributed by atoms with Crippen molar-refractivity contribution in [3.63, 3.8) is 0 Å². The van der Waals surface area contributed by atoms with Crippen molar-refractivity contribution in [2.24, 2.45) is 0 Å². The molecule has 0 N–H and O–H groups in total. The Balaban J connectivity index is 1.67. The van der Waals surface area contributed by atoms with Crippen molar-refractivity contribution >= 4 is 0 Å². The number of hydrogen-bond acceptors (Lipinski definition) is 2. The largest absolute Gasteiger partial charge is 0.464 e. The summed E-state index contributed by atoms with van der Waals surface area (Å²) in [4.78, 5) is 2.59. The molecule has 0 spiro atoms. The Labute approximate surface area is 103 Å². The molecule has 0 bridgehead atoms. The molecule has 2 nitrogen and oxygen atoms in total. The molecule has 1 aliphatic carbocycles. The van der Waals surface area contributed by atoms with E-state index in [4.69, 9.17) is 4.42 Å². The Hall–Kier alpha value is -1.28. The van der Waals surface area contributed by atoms with Gasteiger partial charge in [-0.05, 0) is 62.6 Å². The fraction of sp³-hybridized carbons (Fsp3) is 0.467. The first-order chi connectivity index (χ1) is 8.33. The topological polar surface area (TPSA) is 16.4 Å². The predicted molar refractivity (Wildman–Crippen MR) is 69.3 cm³/mol. The number of fused-ring (bicyclic) bond motifs is 1. The molecule has 0 radical (unpaired) electrons. The van der Waals surface area contributed by atoms with Gasteiger partial charge in [-0.1, -0.05) is 0 Å². The summed E-state index contributed by atoms with van der Waals surface area (Å²) in [5.41, 5.74) is 2.62. The van der Waals surface area contributed by atoms with Crippen LogP contribution in [0.4, 0.5) is 0 Å². The Morgan fingerprint density at radius 1 is 1.41 bits per heavy atom. The molecule has 0 amide bonds. The molecule has 1 fully saturated rings. The summed E-state index contributed by atoms with van der Waals surface area (Å²) in [7, 11) is 0. The van der Waals surface area contributed by atoms with Gasteiger partial charge in [0.2, 0.25) is 0 Å². The van der Waals surface area contributed by atoms with Gasteiger partial charge in [-0.3, -0.25) is 0 Å². The van der Waals surface area contributed by atoms with E-state index >= 15 is 0 Å². The zero-order valence-electron chi connectivity index (χ0n) is 10.4. The van der Waals surface area contributed by atoms with E-state index in [1.54, 1.807) is 6.26 Å². The quantitative estimate of drug-likeness (QED) is 0.802. The summed E-state index contributed by atoms with van der Waals surface area (Å²) >= 11 is 0. The van der Waals surface area contributed by atoms with E-state index in [9.17, 15) is 0 Å². The lowest BCUT2D eigenvalue weighted by molar-refractivity contribution is 0.272. The molecular formula is C15H19NO. The van der Waals surface area contributed by atoms with Crippen LogP contribution in [0.1, 0.15) is 25.3 Å². The van der Waals surface area contributed by atoms with Crippen LogP contribution in [0.25, 0.3) is 11.3 Å². The van der Waals surface area contributed by atoms with E-state index in [0.717, 1.165) is 18.2 Å². The molecule has 0 aromatic carbocycles. The Kier molecular flexibility index (Phi) is 2.89. The highest BCUT2D eigenvalue weighted by atomic mass is 16.3. The van der Waals surface area contributed by atoms with E-state index in [2.05, 4.69) is 30.0 Å². The highest BCUT2D eigenvalue weighted by Gasteiger charge is 2.19. The van der Waals surface area contributed by atoms with Crippen LogP contribution >= 0.6 is 0 Å². The van der Waals surface area contributed by atoms with Crippen LogP contribution in [-0.4, -0.2) is 24.0 Å². The summed E-state index contributed by atoms with van der Waals surface area (Å²) in [6.45, 7) is 4.78. The molecule has 0 aromatic heterocycles. The second-order valence-electron chi connectivity index (χ2n) is 5.07. The maximum absolute atomic E-state index is 5.47. The summed E-state index contributed by atoms with van der Waals surface area (Å²) in [5.74, 6) is 1.01. The van der Waals surface area contributed by atoms with Gasteiger partial charge < -0.3 is 9.32 Å². The minimum atomic E-state index is 0.768. The van der Waals surface area contributed by atoms with Gasteiger partial charge in [0.15, 0.2) is 0 Å². The lowest BCUT2D eigenvalue weighted by Crippen LogP contribution is -2.28. The van der Waals surface area contributed by atoms with Crippen LogP contribution in [0.3, 0.4) is 0 Å².